The Morgan fingerprint density at radius 1 is 1.19 bits per heavy atom. The number of fused-ring (bicyclic) bond motifs is 1. The van der Waals surface area contributed by atoms with Crippen LogP contribution in [0.25, 0.3) is 0 Å². The highest BCUT2D eigenvalue weighted by Crippen LogP contribution is 2.25. The maximum Gasteiger partial charge on any atom is 0.273 e. The average molecular weight is 387 g/mol. The average Bonchev–Trinajstić information content (AvgIpc) is 3.01. The van der Waals surface area contributed by atoms with E-state index in [0.29, 0.717) is 0 Å². The fraction of sp³-hybridized carbons (Fsp3) is 0.381. The van der Waals surface area contributed by atoms with E-state index in [2.05, 4.69) is 59.6 Å². The van der Waals surface area contributed by atoms with Gasteiger partial charge in [-0.25, -0.2) is 4.68 Å². The van der Waals surface area contributed by atoms with Gasteiger partial charge in [-0.2, -0.15) is 0 Å². The maximum absolute atomic E-state index is 13.1. The lowest BCUT2D eigenvalue weighted by atomic mass is 9.98. The molecule has 6 heteroatoms. The molecule has 27 heavy (non-hydrogen) atoms. The Morgan fingerprint density at radius 2 is 1.96 bits per heavy atom. The number of nitrogens with one attached hydrogen (secondary N) is 2. The zero-order chi connectivity index (χ0) is 18.1. The molecule has 144 valence electrons. The lowest BCUT2D eigenvalue weighted by Gasteiger charge is -2.41. The second-order valence-corrected chi connectivity index (χ2v) is 7.29. The summed E-state index contributed by atoms with van der Waals surface area (Å²) in [7, 11) is 2.05. The largest absolute Gasteiger partial charge is 0.352 e. The minimum absolute atomic E-state index is 0. The zero-order valence-corrected chi connectivity index (χ0v) is 16.7. The molecule has 0 saturated carbocycles. The Kier molecular flexibility index (Phi) is 5.63. The van der Waals surface area contributed by atoms with E-state index in [4.69, 9.17) is 0 Å². The van der Waals surface area contributed by atoms with Crippen molar-refractivity contribution in [3.63, 3.8) is 0 Å². The molecule has 2 aromatic rings. The SMILES string of the molecule is Cc1ccccc1CN(C)C1(n2[nH]c3c(c2=O)CCCC3)C=CC=CN1.Cl. The van der Waals surface area contributed by atoms with Gasteiger partial charge in [-0.1, -0.05) is 30.3 Å². The van der Waals surface area contributed by atoms with Gasteiger partial charge < -0.3 is 5.32 Å². The van der Waals surface area contributed by atoms with E-state index in [9.17, 15) is 4.79 Å². The molecular weight excluding hydrogens is 360 g/mol. The van der Waals surface area contributed by atoms with Gasteiger partial charge in [-0.05, 0) is 69.1 Å². The Bertz CT molecular complexity index is 927. The van der Waals surface area contributed by atoms with Crippen LogP contribution >= 0.6 is 12.4 Å². The number of dihydropyridines is 1. The minimum atomic E-state index is -0.731. The lowest BCUT2D eigenvalue weighted by Crippen LogP contribution is -2.59. The smallest absolute Gasteiger partial charge is 0.273 e. The normalized spacial score (nSPS) is 20.9. The molecule has 1 aromatic heterocycles. The van der Waals surface area contributed by atoms with Gasteiger partial charge >= 0.3 is 0 Å². The van der Waals surface area contributed by atoms with E-state index in [1.54, 1.807) is 4.68 Å². The lowest BCUT2D eigenvalue weighted by molar-refractivity contribution is 0.0438. The Balaban J connectivity index is 0.00000210. The van der Waals surface area contributed by atoms with Crippen LogP contribution in [-0.4, -0.2) is 21.7 Å². The standard InChI is InChI=1S/C21H26N4O.ClH/c1-16-9-3-4-10-17(16)15-24(2)21(13-7-8-14-22-21)25-20(26)18-11-5-6-12-19(18)23-25;/h3-4,7-10,13-14,22-23H,5-6,11-12,15H2,1-2H3;1H. The predicted octanol–water partition coefficient (Wildman–Crippen LogP) is 3.20. The van der Waals surface area contributed by atoms with Crippen LogP contribution < -0.4 is 10.9 Å². The molecule has 1 aromatic carbocycles. The van der Waals surface area contributed by atoms with E-state index in [1.165, 1.54) is 11.1 Å². The molecule has 1 aliphatic heterocycles. The topological polar surface area (TPSA) is 53.1 Å². The summed E-state index contributed by atoms with van der Waals surface area (Å²) >= 11 is 0. The minimum Gasteiger partial charge on any atom is -0.352 e. The molecule has 4 rings (SSSR count). The van der Waals surface area contributed by atoms with Crippen molar-refractivity contribution in [3.8, 4) is 0 Å². The van der Waals surface area contributed by atoms with E-state index >= 15 is 0 Å². The van der Waals surface area contributed by atoms with Gasteiger partial charge in [0.1, 0.15) is 0 Å². The first-order valence-corrected chi connectivity index (χ1v) is 9.33. The Hall–Kier alpha value is -2.24. The molecule has 0 amide bonds. The van der Waals surface area contributed by atoms with Gasteiger partial charge in [0.2, 0.25) is 5.79 Å². The van der Waals surface area contributed by atoms with Crippen molar-refractivity contribution in [3.05, 3.63) is 81.4 Å². The number of allylic oxidation sites excluding steroid dienone is 2. The fourth-order valence-electron chi connectivity index (χ4n) is 4.00. The molecule has 2 heterocycles. The van der Waals surface area contributed by atoms with Crippen LogP contribution in [0.15, 0.2) is 53.5 Å². The molecule has 0 saturated heterocycles. The highest BCUT2D eigenvalue weighted by atomic mass is 35.5. The molecule has 5 nitrogen and oxygen atoms in total. The molecule has 0 spiro atoms. The van der Waals surface area contributed by atoms with Gasteiger partial charge in [0.25, 0.3) is 5.56 Å². The summed E-state index contributed by atoms with van der Waals surface area (Å²) in [6, 6.07) is 8.38. The summed E-state index contributed by atoms with van der Waals surface area (Å²) in [5.74, 6) is -0.731. The number of aromatic amines is 1. The number of H-pyrrole nitrogens is 1. The van der Waals surface area contributed by atoms with Gasteiger partial charge in [0, 0.05) is 17.8 Å². The maximum atomic E-state index is 13.1. The summed E-state index contributed by atoms with van der Waals surface area (Å²) in [4.78, 5) is 15.3. The van der Waals surface area contributed by atoms with Crippen LogP contribution in [0, 0.1) is 6.92 Å². The number of halogens is 1. The van der Waals surface area contributed by atoms with Gasteiger partial charge in [-0.3, -0.25) is 14.8 Å². The van der Waals surface area contributed by atoms with Crippen LogP contribution in [-0.2, 0) is 25.2 Å². The summed E-state index contributed by atoms with van der Waals surface area (Å²) in [5, 5.41) is 6.84. The van der Waals surface area contributed by atoms with Crippen LogP contribution in [0.2, 0.25) is 0 Å². The van der Waals surface area contributed by atoms with E-state index in [-0.39, 0.29) is 18.0 Å². The third-order valence-corrected chi connectivity index (χ3v) is 5.60. The number of hydrogen-bond acceptors (Lipinski definition) is 3. The first-order valence-electron chi connectivity index (χ1n) is 9.33. The molecule has 2 N–H and O–H groups in total. The van der Waals surface area contributed by atoms with E-state index < -0.39 is 5.79 Å². The number of nitrogens with zero attached hydrogens (tertiary/aromatic N) is 2. The van der Waals surface area contributed by atoms with Crippen LogP contribution in [0.3, 0.4) is 0 Å². The van der Waals surface area contributed by atoms with E-state index in [0.717, 1.165) is 43.5 Å². The van der Waals surface area contributed by atoms with Gasteiger partial charge in [0.15, 0.2) is 0 Å². The number of hydrogen-bond donors (Lipinski definition) is 2. The van der Waals surface area contributed by atoms with Crippen LogP contribution in [0.1, 0.15) is 35.2 Å². The van der Waals surface area contributed by atoms with Crippen LogP contribution in [0.5, 0.6) is 0 Å². The summed E-state index contributed by atoms with van der Waals surface area (Å²) in [6.07, 6.45) is 12.0. The van der Waals surface area contributed by atoms with Crippen molar-refractivity contribution in [1.29, 1.82) is 0 Å². The molecule has 1 unspecified atom stereocenters. The second-order valence-electron chi connectivity index (χ2n) is 7.29. The molecule has 0 bridgehead atoms. The zero-order valence-electron chi connectivity index (χ0n) is 15.9. The number of likely N-dealkylation sites (N-methyl/N-ethyl adjacent to an activating group) is 1. The van der Waals surface area contributed by atoms with Crippen LogP contribution in [0.4, 0.5) is 0 Å². The summed E-state index contributed by atoms with van der Waals surface area (Å²) in [5.41, 5.74) is 4.63. The monoisotopic (exact) mass is 386 g/mol. The van der Waals surface area contributed by atoms with Crippen molar-refractivity contribution in [2.45, 2.75) is 44.9 Å². The fourth-order valence-corrected chi connectivity index (χ4v) is 4.00. The van der Waals surface area contributed by atoms with E-state index in [1.807, 2.05) is 18.4 Å². The quantitative estimate of drug-likeness (QED) is 0.848. The predicted molar refractivity (Wildman–Crippen MR) is 111 cm³/mol. The third kappa shape index (κ3) is 3.37. The summed E-state index contributed by atoms with van der Waals surface area (Å²) < 4.78 is 1.77. The highest BCUT2D eigenvalue weighted by Gasteiger charge is 2.38. The van der Waals surface area contributed by atoms with Crippen molar-refractivity contribution >= 4 is 12.4 Å². The van der Waals surface area contributed by atoms with Gasteiger partial charge in [0.05, 0.1) is 0 Å². The second kappa shape index (κ2) is 7.79. The molecule has 1 aliphatic carbocycles. The van der Waals surface area contributed by atoms with Crippen molar-refractivity contribution < 1.29 is 0 Å². The number of aromatic nitrogens is 2. The van der Waals surface area contributed by atoms with Crippen molar-refractivity contribution in [2.24, 2.45) is 0 Å². The third-order valence-electron chi connectivity index (χ3n) is 5.60. The first-order chi connectivity index (χ1) is 12.6. The number of rotatable bonds is 4. The molecule has 2 aliphatic rings. The molecule has 1 atom stereocenters. The highest BCUT2D eigenvalue weighted by molar-refractivity contribution is 5.85. The molecule has 0 fully saturated rings. The molecular formula is C21H27ClN4O. The number of aryl methyl sites for hydroxylation is 2. The van der Waals surface area contributed by atoms with Crippen molar-refractivity contribution in [1.82, 2.24) is 20.0 Å². The first kappa shape index (κ1) is 19.5. The molecule has 0 radical (unpaired) electrons. The van der Waals surface area contributed by atoms with Crippen molar-refractivity contribution in [2.75, 3.05) is 7.05 Å². The van der Waals surface area contributed by atoms with Gasteiger partial charge in [-0.15, -0.1) is 12.4 Å². The Morgan fingerprint density at radius 3 is 2.67 bits per heavy atom. The Labute approximate surface area is 166 Å². The number of benzene rings is 1. The summed E-state index contributed by atoms with van der Waals surface area (Å²) in [6.45, 7) is 2.85.